The maximum atomic E-state index is 12.9. The molecule has 14 heteroatoms. The lowest BCUT2D eigenvalue weighted by Gasteiger charge is -2.36. The third-order valence-electron chi connectivity index (χ3n) is 7.78. The lowest BCUT2D eigenvalue weighted by Crippen LogP contribution is -2.40. The SMILES string of the molecule is COC(=O)C(c1ccccc1Cl)N1CCC(SSC2=C(CC(=O)O)CN(C(C(=O)OC)c3ccccc3Cl)CC2)=C(CC(=O)O)C1. The van der Waals surface area contributed by atoms with Crippen molar-refractivity contribution in [2.45, 2.75) is 37.8 Å². The number of ether oxygens (including phenoxy) is 2. The Balaban J connectivity index is 1.59. The molecule has 0 fully saturated rings. The molecule has 2 atom stereocenters. The molecule has 2 aliphatic rings. The van der Waals surface area contributed by atoms with Crippen LogP contribution >= 0.6 is 44.8 Å². The van der Waals surface area contributed by atoms with E-state index in [2.05, 4.69) is 0 Å². The minimum Gasteiger partial charge on any atom is -0.481 e. The van der Waals surface area contributed by atoms with Gasteiger partial charge in [-0.1, -0.05) is 81.2 Å². The highest BCUT2D eigenvalue weighted by Crippen LogP contribution is 2.47. The molecule has 0 aromatic heterocycles. The zero-order valence-corrected chi connectivity index (χ0v) is 28.4. The molecule has 2 heterocycles. The van der Waals surface area contributed by atoms with Gasteiger partial charge in [0.05, 0.1) is 27.1 Å². The summed E-state index contributed by atoms with van der Waals surface area (Å²) in [4.78, 5) is 55.1. The number of esters is 2. The maximum absolute atomic E-state index is 12.9. The second kappa shape index (κ2) is 16.7. The molecular weight excluding hydrogens is 675 g/mol. The van der Waals surface area contributed by atoms with E-state index in [0.717, 1.165) is 9.81 Å². The van der Waals surface area contributed by atoms with Crippen molar-refractivity contribution < 1.29 is 38.9 Å². The van der Waals surface area contributed by atoms with Gasteiger partial charge in [-0.3, -0.25) is 19.4 Å². The summed E-state index contributed by atoms with van der Waals surface area (Å²) in [7, 11) is 5.43. The smallest absolute Gasteiger partial charge is 0.327 e. The first kappa shape index (κ1) is 35.8. The monoisotopic (exact) mass is 708 g/mol. The van der Waals surface area contributed by atoms with Gasteiger partial charge in [0.15, 0.2) is 0 Å². The Morgan fingerprint density at radius 3 is 1.41 bits per heavy atom. The number of carboxylic acid groups (broad SMARTS) is 2. The number of benzene rings is 2. The fraction of sp³-hybridized carbons (Fsp3) is 0.375. The molecular formula is C32H34Cl2N2O8S2. The summed E-state index contributed by atoms with van der Waals surface area (Å²) in [6, 6.07) is 12.4. The Hall–Kier alpha value is -3.00. The minimum atomic E-state index is -1.00. The molecule has 0 saturated carbocycles. The number of nitrogens with zero attached hydrogens (tertiary/aromatic N) is 2. The van der Waals surface area contributed by atoms with Crippen LogP contribution in [0.3, 0.4) is 0 Å². The summed E-state index contributed by atoms with van der Waals surface area (Å²) < 4.78 is 10.2. The van der Waals surface area contributed by atoms with Gasteiger partial charge in [0.25, 0.3) is 0 Å². The van der Waals surface area contributed by atoms with E-state index in [1.165, 1.54) is 35.8 Å². The van der Waals surface area contributed by atoms with E-state index in [0.29, 0.717) is 58.2 Å². The largest absolute Gasteiger partial charge is 0.481 e. The number of aliphatic carboxylic acids is 2. The van der Waals surface area contributed by atoms with Crippen molar-refractivity contribution in [3.05, 3.63) is 90.7 Å². The molecule has 2 aromatic carbocycles. The predicted molar refractivity (Wildman–Crippen MR) is 179 cm³/mol. The Morgan fingerprint density at radius 1 is 0.717 bits per heavy atom. The van der Waals surface area contributed by atoms with E-state index in [-0.39, 0.29) is 25.9 Å². The first-order chi connectivity index (χ1) is 22.0. The molecule has 0 amide bonds. The number of hydrogen-bond acceptors (Lipinski definition) is 10. The van der Waals surface area contributed by atoms with E-state index in [1.807, 2.05) is 9.80 Å². The molecule has 0 saturated heterocycles. The fourth-order valence-corrected chi connectivity index (χ4v) is 9.00. The van der Waals surface area contributed by atoms with E-state index in [1.54, 1.807) is 48.5 Å². The van der Waals surface area contributed by atoms with Crippen LogP contribution in [0.15, 0.2) is 69.5 Å². The van der Waals surface area contributed by atoms with Crippen LogP contribution in [0.2, 0.25) is 10.0 Å². The fourth-order valence-electron chi connectivity index (χ4n) is 5.65. The first-order valence-electron chi connectivity index (χ1n) is 14.4. The van der Waals surface area contributed by atoms with E-state index < -0.39 is 36.0 Å². The zero-order chi connectivity index (χ0) is 33.4. The van der Waals surface area contributed by atoms with Gasteiger partial charge < -0.3 is 19.7 Å². The quantitative estimate of drug-likeness (QED) is 0.177. The second-order valence-electron chi connectivity index (χ2n) is 10.7. The van der Waals surface area contributed by atoms with Gasteiger partial charge in [-0.15, -0.1) is 0 Å². The van der Waals surface area contributed by atoms with Gasteiger partial charge in [-0.25, -0.2) is 9.59 Å². The van der Waals surface area contributed by atoms with Gasteiger partial charge in [0.1, 0.15) is 12.1 Å². The van der Waals surface area contributed by atoms with Crippen LogP contribution in [-0.2, 0) is 28.7 Å². The van der Waals surface area contributed by atoms with Gasteiger partial charge >= 0.3 is 23.9 Å². The van der Waals surface area contributed by atoms with Crippen LogP contribution in [0, 0.1) is 0 Å². The number of rotatable bonds is 13. The number of methoxy groups -OCH3 is 2. The molecule has 0 aliphatic carbocycles. The topological polar surface area (TPSA) is 134 Å². The van der Waals surface area contributed by atoms with Crippen molar-refractivity contribution in [3.8, 4) is 0 Å². The molecule has 246 valence electrons. The first-order valence-corrected chi connectivity index (χ1v) is 17.3. The standard InChI is InChI=1S/C32H34Cl2N2O8S2/c1-43-31(41)29(21-7-3-5-9-23(21)33)35-13-11-25(19(17-35)15-27(37)38)45-46-26-12-14-36(18-20(26)16-28(39)40)30(32(42)44-2)22-8-4-6-10-24(22)34/h3-10,29-30H,11-18H2,1-2H3,(H,37,38)(H,39,40). The minimum absolute atomic E-state index is 0.216. The third-order valence-corrected chi connectivity index (χ3v) is 11.4. The van der Waals surface area contributed by atoms with Crippen molar-refractivity contribution in [1.29, 1.82) is 0 Å². The molecule has 10 nitrogen and oxygen atoms in total. The van der Waals surface area contributed by atoms with Crippen LogP contribution in [0.4, 0.5) is 0 Å². The summed E-state index contributed by atoms with van der Waals surface area (Å²) in [5.41, 5.74) is 2.46. The van der Waals surface area contributed by atoms with Gasteiger partial charge in [0, 0.05) is 36.2 Å². The van der Waals surface area contributed by atoms with Crippen LogP contribution < -0.4 is 0 Å². The number of carboxylic acids is 2. The summed E-state index contributed by atoms with van der Waals surface area (Å²) in [5.74, 6) is -2.99. The van der Waals surface area contributed by atoms with Crippen LogP contribution in [0.5, 0.6) is 0 Å². The molecule has 0 bridgehead atoms. The Morgan fingerprint density at radius 2 is 1.09 bits per heavy atom. The summed E-state index contributed by atoms with van der Waals surface area (Å²) in [6.45, 7) is 1.33. The Bertz CT molecular complexity index is 1440. The molecule has 2 aromatic rings. The molecule has 4 rings (SSSR count). The second-order valence-corrected chi connectivity index (χ2v) is 13.8. The maximum Gasteiger partial charge on any atom is 0.327 e. The highest BCUT2D eigenvalue weighted by Gasteiger charge is 2.36. The van der Waals surface area contributed by atoms with Crippen LogP contribution in [-0.4, -0.2) is 84.3 Å². The summed E-state index contributed by atoms with van der Waals surface area (Å²) in [6.07, 6.45) is 0.512. The Labute approximate surface area is 285 Å². The number of hydrogen-bond donors (Lipinski definition) is 2. The number of halogens is 2. The highest BCUT2D eigenvalue weighted by molar-refractivity contribution is 8.79. The van der Waals surface area contributed by atoms with Crippen molar-refractivity contribution in [2.75, 3.05) is 40.4 Å². The summed E-state index contributed by atoms with van der Waals surface area (Å²) >= 11 is 12.9. The van der Waals surface area contributed by atoms with E-state index in [9.17, 15) is 29.4 Å². The van der Waals surface area contributed by atoms with Crippen LogP contribution in [0.25, 0.3) is 0 Å². The Kier molecular flexibility index (Phi) is 13.0. The highest BCUT2D eigenvalue weighted by atomic mass is 35.5. The molecule has 46 heavy (non-hydrogen) atoms. The lowest BCUT2D eigenvalue weighted by molar-refractivity contribution is -0.148. The van der Waals surface area contributed by atoms with Crippen molar-refractivity contribution >= 4 is 68.7 Å². The predicted octanol–water partition coefficient (Wildman–Crippen LogP) is 6.37. The molecule has 0 radical (unpaired) electrons. The lowest BCUT2D eigenvalue weighted by atomic mass is 10.00. The van der Waals surface area contributed by atoms with Crippen molar-refractivity contribution in [2.24, 2.45) is 0 Å². The van der Waals surface area contributed by atoms with Crippen molar-refractivity contribution in [1.82, 2.24) is 9.80 Å². The average Bonchev–Trinajstić information content (AvgIpc) is 3.02. The molecule has 0 spiro atoms. The normalized spacial score (nSPS) is 17.4. The average molecular weight is 710 g/mol. The third kappa shape index (κ3) is 8.87. The number of carbonyl (C=O) groups is 4. The molecule has 2 N–H and O–H groups in total. The zero-order valence-electron chi connectivity index (χ0n) is 25.2. The molecule has 2 unspecified atom stereocenters. The van der Waals surface area contributed by atoms with Gasteiger partial charge in [0.2, 0.25) is 0 Å². The van der Waals surface area contributed by atoms with Gasteiger partial charge in [-0.2, -0.15) is 0 Å². The van der Waals surface area contributed by atoms with E-state index >= 15 is 0 Å². The van der Waals surface area contributed by atoms with Crippen molar-refractivity contribution in [3.63, 3.8) is 0 Å². The number of carbonyl (C=O) groups excluding carboxylic acids is 2. The van der Waals surface area contributed by atoms with E-state index in [4.69, 9.17) is 32.7 Å². The summed E-state index contributed by atoms with van der Waals surface area (Å²) in [5, 5.41) is 20.3. The van der Waals surface area contributed by atoms with Gasteiger partial charge in [-0.05, 0) is 57.1 Å². The molecule has 2 aliphatic heterocycles. The van der Waals surface area contributed by atoms with Crippen LogP contribution in [0.1, 0.15) is 48.9 Å².